The summed E-state index contributed by atoms with van der Waals surface area (Å²) in [6.07, 6.45) is 0. The maximum Gasteiger partial charge on any atom is 0.253 e. The van der Waals surface area contributed by atoms with E-state index in [1.54, 1.807) is 7.11 Å². The standard InChI is InChI=1S/C25H30N3O3P/c1-30-25-12-5-3-8-23(25)20-28-16-14-26-13-15-27(32(28,29)31-18-17-26)19-22-10-6-9-21-7-2-4-11-24(21)22/h2-12H,13-20H2,1H3. The molecule has 3 saturated heterocycles. The molecule has 0 spiro atoms. The maximum absolute atomic E-state index is 14.6. The lowest BCUT2D eigenvalue weighted by molar-refractivity contribution is -0.227. The van der Waals surface area contributed by atoms with Crippen molar-refractivity contribution in [3.05, 3.63) is 77.9 Å². The van der Waals surface area contributed by atoms with Gasteiger partial charge in [0.1, 0.15) is 12.4 Å². The lowest BCUT2D eigenvalue weighted by Crippen LogP contribution is -2.53. The van der Waals surface area contributed by atoms with Crippen LogP contribution in [0.4, 0.5) is 0 Å². The molecule has 3 fully saturated rings. The highest BCUT2D eigenvalue weighted by Gasteiger charge is 2.47. The molecule has 32 heavy (non-hydrogen) atoms. The fraction of sp³-hybridized carbons (Fsp3) is 0.360. The third-order valence-electron chi connectivity index (χ3n) is 6.51. The zero-order chi connectivity index (χ0) is 22.0. The Morgan fingerprint density at radius 3 is 2.28 bits per heavy atom. The van der Waals surface area contributed by atoms with Gasteiger partial charge in [-0.15, -0.1) is 9.34 Å². The number of hydrogen-bond acceptors (Lipinski definition) is 6. The summed E-state index contributed by atoms with van der Waals surface area (Å²) in [4.78, 5) is 17.0. The highest BCUT2D eigenvalue weighted by atomic mass is 31.2. The topological polar surface area (TPSA) is 51.2 Å². The van der Waals surface area contributed by atoms with Crippen LogP contribution < -0.4 is 9.63 Å². The van der Waals surface area contributed by atoms with Gasteiger partial charge in [-0.05, 0) is 22.4 Å². The predicted molar refractivity (Wildman–Crippen MR) is 127 cm³/mol. The van der Waals surface area contributed by atoms with E-state index in [4.69, 9.17) is 9.26 Å². The number of benzene rings is 3. The third kappa shape index (κ3) is 4.27. The van der Waals surface area contributed by atoms with Crippen molar-refractivity contribution in [3.63, 3.8) is 0 Å². The molecule has 0 aromatic heterocycles. The monoisotopic (exact) mass is 451 g/mol. The highest BCUT2D eigenvalue weighted by Crippen LogP contribution is 2.60. The van der Waals surface area contributed by atoms with Crippen LogP contribution in [0, 0.1) is 0 Å². The molecule has 0 aliphatic carbocycles. The Morgan fingerprint density at radius 1 is 0.812 bits per heavy atom. The fourth-order valence-corrected chi connectivity index (χ4v) is 7.08. The van der Waals surface area contributed by atoms with Crippen molar-refractivity contribution in [2.45, 2.75) is 13.1 Å². The molecule has 168 valence electrons. The molecule has 3 aromatic carbocycles. The van der Waals surface area contributed by atoms with Gasteiger partial charge in [0.15, 0.2) is 0 Å². The van der Waals surface area contributed by atoms with Gasteiger partial charge >= 0.3 is 0 Å². The van der Waals surface area contributed by atoms with Gasteiger partial charge in [0.05, 0.1) is 33.3 Å². The average molecular weight is 452 g/mol. The smallest absolute Gasteiger partial charge is 0.253 e. The Balaban J connectivity index is 1.50. The van der Waals surface area contributed by atoms with E-state index >= 15 is 0 Å². The van der Waals surface area contributed by atoms with Gasteiger partial charge in [0.25, 0.3) is 8.02 Å². The summed E-state index contributed by atoms with van der Waals surface area (Å²) in [5, 5.41) is 2.40. The number of fused-ring (bicyclic) bond motifs is 7. The van der Waals surface area contributed by atoms with E-state index in [0.29, 0.717) is 32.8 Å². The van der Waals surface area contributed by atoms with Crippen molar-refractivity contribution in [2.75, 3.05) is 46.4 Å². The first-order valence-corrected chi connectivity index (χ1v) is 12.8. The molecular formula is C25H30N3O3P. The lowest BCUT2D eigenvalue weighted by Gasteiger charge is -2.48. The Hall–Kier alpha value is -2.05. The molecule has 7 heteroatoms. The summed E-state index contributed by atoms with van der Waals surface area (Å²) in [7, 11) is -1.54. The van der Waals surface area contributed by atoms with Crippen LogP contribution in [0.15, 0.2) is 66.7 Å². The van der Waals surface area contributed by atoms with E-state index < -0.39 is 8.02 Å². The minimum Gasteiger partial charge on any atom is -0.626 e. The second-order valence-electron chi connectivity index (χ2n) is 8.39. The van der Waals surface area contributed by atoms with Crippen LogP contribution in [0.25, 0.3) is 10.8 Å². The van der Waals surface area contributed by atoms with Gasteiger partial charge in [-0.1, -0.05) is 60.7 Å². The number of para-hydroxylation sites is 1. The van der Waals surface area contributed by atoms with Crippen LogP contribution in [0.5, 0.6) is 5.75 Å². The molecule has 0 radical (unpaired) electrons. The largest absolute Gasteiger partial charge is 0.626 e. The molecule has 2 unspecified atom stereocenters. The summed E-state index contributed by atoms with van der Waals surface area (Å²) >= 11 is 0. The van der Waals surface area contributed by atoms with Crippen molar-refractivity contribution in [1.29, 1.82) is 0 Å². The normalized spacial score (nSPS) is 24.8. The van der Waals surface area contributed by atoms with E-state index in [2.05, 4.69) is 52.0 Å². The van der Waals surface area contributed by atoms with Gasteiger partial charge in [0, 0.05) is 25.2 Å². The summed E-state index contributed by atoms with van der Waals surface area (Å²) in [6.45, 7) is 5.63. The Labute approximate surface area is 190 Å². The Morgan fingerprint density at radius 2 is 1.47 bits per heavy atom. The first-order valence-electron chi connectivity index (χ1n) is 11.2. The fourth-order valence-electron chi connectivity index (χ4n) is 4.73. The SMILES string of the molecule is COc1ccccc1CN1CCN2CCO[P+]1([O-])N(Cc1cccc3ccccc13)CC2. The molecule has 6 rings (SSSR count). The number of ether oxygens (including phenoxy) is 1. The van der Waals surface area contributed by atoms with E-state index in [1.165, 1.54) is 16.3 Å². The minimum atomic E-state index is -3.22. The quantitative estimate of drug-likeness (QED) is 0.553. The number of nitrogens with zero attached hydrogens (tertiary/aromatic N) is 3. The molecule has 2 atom stereocenters. The van der Waals surface area contributed by atoms with Crippen LogP contribution in [0.1, 0.15) is 11.1 Å². The Kier molecular flexibility index (Phi) is 6.42. The van der Waals surface area contributed by atoms with Crippen LogP contribution in [0.3, 0.4) is 0 Å². The van der Waals surface area contributed by atoms with Gasteiger partial charge in [-0.25, -0.2) is 4.52 Å². The number of rotatable bonds is 5. The molecule has 3 heterocycles. The molecule has 6 nitrogen and oxygen atoms in total. The first kappa shape index (κ1) is 21.8. The number of methoxy groups -OCH3 is 1. The first-order chi connectivity index (χ1) is 15.7. The van der Waals surface area contributed by atoms with Crippen molar-refractivity contribution >= 4 is 18.8 Å². The van der Waals surface area contributed by atoms with Gasteiger partial charge in [-0.2, -0.15) is 0 Å². The van der Waals surface area contributed by atoms with Crippen LogP contribution in [0.2, 0.25) is 0 Å². The summed E-state index contributed by atoms with van der Waals surface area (Å²) in [5.41, 5.74) is 2.20. The molecule has 3 aliphatic heterocycles. The highest BCUT2D eigenvalue weighted by molar-refractivity contribution is 7.59. The Bertz CT molecular complexity index is 1080. The lowest BCUT2D eigenvalue weighted by atomic mass is 10.0. The molecule has 0 N–H and O–H groups in total. The second kappa shape index (κ2) is 9.44. The van der Waals surface area contributed by atoms with Crippen molar-refractivity contribution < 1.29 is 14.2 Å². The van der Waals surface area contributed by atoms with Gasteiger partial charge in [-0.3, -0.25) is 4.90 Å². The number of hydrogen-bond donors (Lipinski definition) is 0. The third-order valence-corrected chi connectivity index (χ3v) is 9.14. The summed E-state index contributed by atoms with van der Waals surface area (Å²) in [5.74, 6) is 0.815. The minimum absolute atomic E-state index is 0.478. The molecule has 2 bridgehead atoms. The molecular weight excluding hydrogens is 421 g/mol. The van der Waals surface area contributed by atoms with Crippen molar-refractivity contribution in [1.82, 2.24) is 14.2 Å². The molecule has 0 amide bonds. The predicted octanol–water partition coefficient (Wildman–Crippen LogP) is 3.54. The summed E-state index contributed by atoms with van der Waals surface area (Å²) in [6, 6.07) is 22.7. The van der Waals surface area contributed by atoms with E-state index in [1.807, 2.05) is 28.9 Å². The van der Waals surface area contributed by atoms with Gasteiger partial charge < -0.3 is 9.63 Å². The van der Waals surface area contributed by atoms with Gasteiger partial charge in [0.2, 0.25) is 0 Å². The zero-order valence-electron chi connectivity index (χ0n) is 18.5. The van der Waals surface area contributed by atoms with E-state index in [9.17, 15) is 4.89 Å². The van der Waals surface area contributed by atoms with E-state index in [-0.39, 0.29) is 0 Å². The second-order valence-corrected chi connectivity index (χ2v) is 10.8. The average Bonchev–Trinajstić information content (AvgIpc) is 2.81. The zero-order valence-corrected chi connectivity index (χ0v) is 19.4. The summed E-state index contributed by atoms with van der Waals surface area (Å²) < 4.78 is 15.9. The van der Waals surface area contributed by atoms with Crippen molar-refractivity contribution in [2.24, 2.45) is 0 Å². The van der Waals surface area contributed by atoms with E-state index in [0.717, 1.165) is 30.9 Å². The van der Waals surface area contributed by atoms with Crippen LogP contribution in [-0.4, -0.2) is 60.7 Å². The van der Waals surface area contributed by atoms with Crippen LogP contribution >= 0.6 is 8.02 Å². The maximum atomic E-state index is 14.6. The molecule has 3 aromatic rings. The van der Waals surface area contributed by atoms with Crippen molar-refractivity contribution in [3.8, 4) is 5.75 Å². The van der Waals surface area contributed by atoms with Crippen LogP contribution in [-0.2, 0) is 17.6 Å². The molecule has 0 saturated carbocycles. The molecule has 3 aliphatic rings.